The number of amides is 1. The first-order valence-electron chi connectivity index (χ1n) is 8.57. The lowest BCUT2D eigenvalue weighted by atomic mass is 10.1. The number of anilines is 3. The van der Waals surface area contributed by atoms with Crippen LogP contribution in [-0.4, -0.2) is 49.3 Å². The van der Waals surface area contributed by atoms with Gasteiger partial charge in [0.25, 0.3) is 0 Å². The number of carboxylic acid groups (broad SMARTS) is 1. The Morgan fingerprint density at radius 1 is 1.12 bits per heavy atom. The minimum absolute atomic E-state index is 0.597. The average Bonchev–Trinajstić information content (AvgIpc) is 2.63. The van der Waals surface area contributed by atoms with Crippen LogP contribution in [0.5, 0.6) is 0 Å². The van der Waals surface area contributed by atoms with Gasteiger partial charge in [0.05, 0.1) is 5.69 Å². The van der Waals surface area contributed by atoms with Gasteiger partial charge in [0.15, 0.2) is 0 Å². The summed E-state index contributed by atoms with van der Waals surface area (Å²) in [6.07, 6.45) is -1.05. The van der Waals surface area contributed by atoms with E-state index < -0.39 is 6.09 Å². The van der Waals surface area contributed by atoms with E-state index in [9.17, 15) is 4.79 Å². The maximum Gasteiger partial charge on any atom is 0.409 e. The van der Waals surface area contributed by atoms with E-state index in [-0.39, 0.29) is 0 Å². The zero-order valence-electron chi connectivity index (χ0n) is 14.7. The Balaban J connectivity index is 1.56. The molecule has 2 aromatic carbocycles. The molecule has 0 radical (unpaired) electrons. The van der Waals surface area contributed by atoms with E-state index in [1.807, 2.05) is 12.1 Å². The fraction of sp³-hybridized carbons (Fsp3) is 0.316. The van der Waals surface area contributed by atoms with Crippen LogP contribution in [0.15, 0.2) is 42.5 Å². The van der Waals surface area contributed by atoms with Gasteiger partial charge in [0.1, 0.15) is 0 Å². The molecule has 2 aromatic rings. The lowest BCUT2D eigenvalue weighted by Crippen LogP contribution is -2.44. The van der Waals surface area contributed by atoms with Crippen molar-refractivity contribution in [2.75, 3.05) is 48.8 Å². The predicted molar refractivity (Wildman–Crippen MR) is 114 cm³/mol. The highest BCUT2D eigenvalue weighted by atomic mass is 127. The highest BCUT2D eigenvalue weighted by Gasteiger charge is 2.13. The molecular formula is C19H23IN4O2. The zero-order chi connectivity index (χ0) is 18.5. The second kappa shape index (κ2) is 8.59. The van der Waals surface area contributed by atoms with Crippen LogP contribution in [0.25, 0.3) is 0 Å². The third kappa shape index (κ3) is 5.01. The fourth-order valence-corrected chi connectivity index (χ4v) is 3.59. The summed E-state index contributed by atoms with van der Waals surface area (Å²) in [5, 5.41) is 14.6. The van der Waals surface area contributed by atoms with Crippen LogP contribution < -0.4 is 15.5 Å². The van der Waals surface area contributed by atoms with E-state index in [0.29, 0.717) is 5.69 Å². The molecule has 1 aliphatic rings. The molecule has 1 saturated heterocycles. The number of carbonyl (C=O) groups is 1. The van der Waals surface area contributed by atoms with Gasteiger partial charge >= 0.3 is 6.09 Å². The highest BCUT2D eigenvalue weighted by molar-refractivity contribution is 14.1. The highest BCUT2D eigenvalue weighted by Crippen LogP contribution is 2.23. The van der Waals surface area contributed by atoms with Gasteiger partial charge in [-0.25, -0.2) is 4.79 Å². The standard InChI is InChI=1S/C19H23IN4O2/c1-23-8-10-24(11-9-23)16-5-2-14(3-6-16)13-21-15-4-7-18(17(20)12-15)22-19(25)26/h2-7,12,21-22H,8-11,13H2,1H3,(H,25,26). The molecule has 3 rings (SSSR count). The first kappa shape index (κ1) is 18.8. The quantitative estimate of drug-likeness (QED) is 0.586. The van der Waals surface area contributed by atoms with Gasteiger partial charge in [-0.05, 0) is 65.5 Å². The minimum Gasteiger partial charge on any atom is -0.465 e. The molecule has 138 valence electrons. The van der Waals surface area contributed by atoms with E-state index >= 15 is 0 Å². The second-order valence-electron chi connectivity index (χ2n) is 6.44. The van der Waals surface area contributed by atoms with Crippen molar-refractivity contribution in [3.05, 3.63) is 51.6 Å². The number of hydrogen-bond acceptors (Lipinski definition) is 4. The predicted octanol–water partition coefficient (Wildman–Crippen LogP) is 3.75. The summed E-state index contributed by atoms with van der Waals surface area (Å²) in [6, 6.07) is 14.3. The van der Waals surface area contributed by atoms with Crippen molar-refractivity contribution in [2.45, 2.75) is 6.54 Å². The van der Waals surface area contributed by atoms with Crippen LogP contribution in [0.4, 0.5) is 21.9 Å². The van der Waals surface area contributed by atoms with Crippen LogP contribution in [0.2, 0.25) is 0 Å². The number of piperazine rings is 1. The van der Waals surface area contributed by atoms with Crippen molar-refractivity contribution in [1.82, 2.24) is 4.90 Å². The molecule has 1 fully saturated rings. The normalized spacial score (nSPS) is 14.9. The summed E-state index contributed by atoms with van der Waals surface area (Å²) in [6.45, 7) is 5.08. The SMILES string of the molecule is CN1CCN(c2ccc(CNc3ccc(NC(=O)O)c(I)c3)cc2)CC1. The van der Waals surface area contributed by atoms with Crippen LogP contribution in [0.3, 0.4) is 0 Å². The lowest BCUT2D eigenvalue weighted by molar-refractivity contribution is 0.209. The Morgan fingerprint density at radius 3 is 2.42 bits per heavy atom. The molecular weight excluding hydrogens is 443 g/mol. The number of nitrogens with zero attached hydrogens (tertiary/aromatic N) is 2. The van der Waals surface area contributed by atoms with Gasteiger partial charge < -0.3 is 20.2 Å². The smallest absolute Gasteiger partial charge is 0.409 e. The van der Waals surface area contributed by atoms with Crippen molar-refractivity contribution < 1.29 is 9.90 Å². The first-order chi connectivity index (χ1) is 12.5. The summed E-state index contributed by atoms with van der Waals surface area (Å²) in [4.78, 5) is 15.5. The molecule has 0 aromatic heterocycles. The van der Waals surface area contributed by atoms with Crippen molar-refractivity contribution in [3.63, 3.8) is 0 Å². The Morgan fingerprint density at radius 2 is 1.81 bits per heavy atom. The Bertz CT molecular complexity index is 759. The molecule has 7 heteroatoms. The van der Waals surface area contributed by atoms with Gasteiger partial charge in [0, 0.05) is 47.7 Å². The van der Waals surface area contributed by atoms with Crippen LogP contribution in [-0.2, 0) is 6.54 Å². The third-order valence-electron chi connectivity index (χ3n) is 4.51. The molecule has 0 aliphatic carbocycles. The number of hydrogen-bond donors (Lipinski definition) is 3. The third-order valence-corrected chi connectivity index (χ3v) is 5.40. The number of halogens is 1. The topological polar surface area (TPSA) is 67.8 Å². The number of nitrogens with one attached hydrogen (secondary N) is 2. The van der Waals surface area contributed by atoms with Crippen molar-refractivity contribution >= 4 is 45.7 Å². The van der Waals surface area contributed by atoms with E-state index in [1.165, 1.54) is 11.3 Å². The van der Waals surface area contributed by atoms with E-state index in [4.69, 9.17) is 5.11 Å². The van der Waals surface area contributed by atoms with Crippen molar-refractivity contribution in [1.29, 1.82) is 0 Å². The van der Waals surface area contributed by atoms with Crippen LogP contribution >= 0.6 is 22.6 Å². The van der Waals surface area contributed by atoms with E-state index in [0.717, 1.165) is 42.0 Å². The summed E-state index contributed by atoms with van der Waals surface area (Å²) < 4.78 is 0.861. The van der Waals surface area contributed by atoms with Crippen LogP contribution in [0, 0.1) is 3.57 Å². The number of rotatable bonds is 5. The Labute approximate surface area is 167 Å². The molecule has 26 heavy (non-hydrogen) atoms. The molecule has 6 nitrogen and oxygen atoms in total. The zero-order valence-corrected chi connectivity index (χ0v) is 16.9. The molecule has 1 amide bonds. The summed E-state index contributed by atoms with van der Waals surface area (Å²) in [5.41, 5.74) is 4.06. The van der Waals surface area contributed by atoms with E-state index in [2.05, 4.69) is 74.3 Å². The van der Waals surface area contributed by atoms with E-state index in [1.54, 1.807) is 6.07 Å². The molecule has 0 saturated carbocycles. The Hall–Kier alpha value is -2.00. The molecule has 0 bridgehead atoms. The summed E-state index contributed by atoms with van der Waals surface area (Å²) in [7, 11) is 2.16. The maximum absolute atomic E-state index is 10.7. The molecule has 0 atom stereocenters. The summed E-state index contributed by atoms with van der Waals surface area (Å²) in [5.74, 6) is 0. The lowest BCUT2D eigenvalue weighted by Gasteiger charge is -2.34. The molecule has 0 spiro atoms. The fourth-order valence-electron chi connectivity index (χ4n) is 2.94. The largest absolute Gasteiger partial charge is 0.465 e. The van der Waals surface area contributed by atoms with Gasteiger partial charge in [0.2, 0.25) is 0 Å². The van der Waals surface area contributed by atoms with Gasteiger partial charge in [-0.3, -0.25) is 5.32 Å². The summed E-state index contributed by atoms with van der Waals surface area (Å²) >= 11 is 2.13. The second-order valence-corrected chi connectivity index (χ2v) is 7.60. The van der Waals surface area contributed by atoms with Crippen molar-refractivity contribution in [3.8, 4) is 0 Å². The maximum atomic E-state index is 10.7. The molecule has 1 aliphatic heterocycles. The number of likely N-dealkylation sites (N-methyl/N-ethyl adjacent to an activating group) is 1. The molecule has 0 unspecified atom stereocenters. The Kier molecular flexibility index (Phi) is 6.20. The van der Waals surface area contributed by atoms with Gasteiger partial charge in [-0.1, -0.05) is 12.1 Å². The number of benzene rings is 2. The minimum atomic E-state index is -1.05. The van der Waals surface area contributed by atoms with Gasteiger partial charge in [-0.2, -0.15) is 0 Å². The monoisotopic (exact) mass is 466 g/mol. The average molecular weight is 466 g/mol. The molecule has 1 heterocycles. The molecule has 3 N–H and O–H groups in total. The van der Waals surface area contributed by atoms with Gasteiger partial charge in [-0.15, -0.1) is 0 Å². The first-order valence-corrected chi connectivity index (χ1v) is 9.65. The van der Waals surface area contributed by atoms with Crippen LogP contribution in [0.1, 0.15) is 5.56 Å². The van der Waals surface area contributed by atoms with Crippen molar-refractivity contribution in [2.24, 2.45) is 0 Å².